The third-order valence-electron chi connectivity index (χ3n) is 4.08. The van der Waals surface area contributed by atoms with Crippen LogP contribution >= 0.6 is 12.4 Å². The molecule has 2 aromatic rings. The molecule has 116 valence electrons. The molecule has 1 amide bonds. The van der Waals surface area contributed by atoms with E-state index in [9.17, 15) is 4.79 Å². The summed E-state index contributed by atoms with van der Waals surface area (Å²) in [5.41, 5.74) is 9.30. The van der Waals surface area contributed by atoms with Gasteiger partial charge in [-0.2, -0.15) is 0 Å². The topological polar surface area (TPSA) is 46.3 Å². The molecule has 1 atom stereocenters. The molecule has 0 heterocycles. The molecule has 0 radical (unpaired) electrons. The van der Waals surface area contributed by atoms with Crippen molar-refractivity contribution in [3.63, 3.8) is 0 Å². The van der Waals surface area contributed by atoms with Crippen LogP contribution in [0.3, 0.4) is 0 Å². The number of hydrogen-bond donors (Lipinski definition) is 1. The molecular weight excluding hydrogens is 296 g/mol. The lowest BCUT2D eigenvalue weighted by Gasteiger charge is -2.34. The second-order valence-electron chi connectivity index (χ2n) is 5.49. The third kappa shape index (κ3) is 3.32. The van der Waals surface area contributed by atoms with Crippen LogP contribution in [0.25, 0.3) is 0 Å². The van der Waals surface area contributed by atoms with Crippen LogP contribution in [0.15, 0.2) is 54.6 Å². The van der Waals surface area contributed by atoms with Crippen LogP contribution in [0.5, 0.6) is 0 Å². The Morgan fingerprint density at radius 2 is 1.77 bits per heavy atom. The fourth-order valence-electron chi connectivity index (χ4n) is 2.93. The van der Waals surface area contributed by atoms with Crippen molar-refractivity contribution in [2.24, 2.45) is 5.73 Å². The first-order valence-electron chi connectivity index (χ1n) is 7.40. The highest BCUT2D eigenvalue weighted by atomic mass is 35.5. The Hall–Kier alpha value is -1.84. The molecule has 4 heteroatoms. The lowest BCUT2D eigenvalue weighted by molar-refractivity contribution is -0.133. The molecule has 0 aliphatic heterocycles. The van der Waals surface area contributed by atoms with Crippen molar-refractivity contribution in [3.05, 3.63) is 71.3 Å². The van der Waals surface area contributed by atoms with E-state index in [4.69, 9.17) is 5.73 Å². The van der Waals surface area contributed by atoms with Crippen molar-refractivity contribution in [1.29, 1.82) is 0 Å². The number of hydrogen-bond acceptors (Lipinski definition) is 2. The molecule has 3 rings (SSSR count). The van der Waals surface area contributed by atoms with Crippen molar-refractivity contribution in [2.75, 3.05) is 13.1 Å². The maximum absolute atomic E-state index is 12.8. The summed E-state index contributed by atoms with van der Waals surface area (Å²) in [7, 11) is 0. The summed E-state index contributed by atoms with van der Waals surface area (Å²) in [6.45, 7) is 1.73. The van der Waals surface area contributed by atoms with Crippen molar-refractivity contribution in [1.82, 2.24) is 4.90 Å². The number of rotatable bonds is 5. The first kappa shape index (κ1) is 16.5. The minimum Gasteiger partial charge on any atom is -0.337 e. The zero-order valence-corrected chi connectivity index (χ0v) is 13.3. The predicted molar refractivity (Wildman–Crippen MR) is 91.0 cm³/mol. The van der Waals surface area contributed by atoms with Crippen LogP contribution in [-0.4, -0.2) is 23.9 Å². The zero-order valence-electron chi connectivity index (χ0n) is 12.4. The van der Waals surface area contributed by atoms with Crippen LogP contribution in [-0.2, 0) is 17.8 Å². The average Bonchev–Trinajstić information content (AvgIpc) is 2.49. The van der Waals surface area contributed by atoms with E-state index in [1.165, 1.54) is 11.1 Å². The molecule has 1 aliphatic carbocycles. The van der Waals surface area contributed by atoms with Crippen molar-refractivity contribution in [2.45, 2.75) is 18.9 Å². The molecule has 2 N–H and O–H groups in total. The molecule has 22 heavy (non-hydrogen) atoms. The number of benzene rings is 2. The van der Waals surface area contributed by atoms with E-state index in [2.05, 4.69) is 12.1 Å². The van der Waals surface area contributed by atoms with Crippen LogP contribution in [0.2, 0.25) is 0 Å². The normalized spacial score (nSPS) is 15.2. The number of carbonyl (C=O) groups excluding carboxylic acids is 1. The Balaban J connectivity index is 0.00000176. The first-order chi connectivity index (χ1) is 10.3. The largest absolute Gasteiger partial charge is 0.337 e. The number of amides is 1. The standard InChI is InChI=1S/C18H20N2O.ClH/c19-10-11-20(13-14-6-2-1-3-7-14)18(21)17-12-15-8-4-5-9-16(15)17;/h1-9,17H,10-13,19H2;1H. The molecule has 1 unspecified atom stereocenters. The Labute approximate surface area is 137 Å². The Bertz CT molecular complexity index is 630. The highest BCUT2D eigenvalue weighted by Crippen LogP contribution is 2.36. The Morgan fingerprint density at radius 1 is 1.09 bits per heavy atom. The van der Waals surface area contributed by atoms with Gasteiger partial charge in [0, 0.05) is 19.6 Å². The minimum atomic E-state index is 0. The van der Waals surface area contributed by atoms with Gasteiger partial charge >= 0.3 is 0 Å². The predicted octanol–water partition coefficient (Wildman–Crippen LogP) is 2.74. The van der Waals surface area contributed by atoms with Gasteiger partial charge in [0.1, 0.15) is 0 Å². The highest BCUT2D eigenvalue weighted by Gasteiger charge is 2.34. The molecule has 0 aromatic heterocycles. The SMILES string of the molecule is Cl.NCCN(Cc1ccccc1)C(=O)C1Cc2ccccc21. The van der Waals surface area contributed by atoms with E-state index in [0.717, 1.165) is 12.0 Å². The third-order valence-corrected chi connectivity index (χ3v) is 4.08. The van der Waals surface area contributed by atoms with E-state index in [-0.39, 0.29) is 24.2 Å². The number of nitrogens with two attached hydrogens (primary N) is 1. The summed E-state index contributed by atoms with van der Waals surface area (Å²) < 4.78 is 0. The minimum absolute atomic E-state index is 0. The van der Waals surface area contributed by atoms with Gasteiger partial charge in [-0.05, 0) is 23.1 Å². The average molecular weight is 317 g/mol. The summed E-state index contributed by atoms with van der Waals surface area (Å²) in [5, 5.41) is 0. The number of fused-ring (bicyclic) bond motifs is 1. The lowest BCUT2D eigenvalue weighted by Crippen LogP contribution is -2.41. The van der Waals surface area contributed by atoms with Gasteiger partial charge in [0.15, 0.2) is 0 Å². The van der Waals surface area contributed by atoms with E-state index in [1.54, 1.807) is 0 Å². The van der Waals surface area contributed by atoms with Gasteiger partial charge < -0.3 is 10.6 Å². The molecular formula is C18H21ClN2O. The smallest absolute Gasteiger partial charge is 0.230 e. The molecule has 0 saturated carbocycles. The van der Waals surface area contributed by atoms with Gasteiger partial charge in [0.25, 0.3) is 0 Å². The summed E-state index contributed by atoms with van der Waals surface area (Å²) in [6, 6.07) is 18.3. The van der Waals surface area contributed by atoms with Gasteiger partial charge in [0.2, 0.25) is 5.91 Å². The van der Waals surface area contributed by atoms with Crippen molar-refractivity contribution >= 4 is 18.3 Å². The lowest BCUT2D eigenvalue weighted by atomic mass is 9.77. The molecule has 0 saturated heterocycles. The summed E-state index contributed by atoms with van der Waals surface area (Å²) in [5.74, 6) is 0.208. The molecule has 0 spiro atoms. The fraction of sp³-hybridized carbons (Fsp3) is 0.278. The second-order valence-corrected chi connectivity index (χ2v) is 5.49. The zero-order chi connectivity index (χ0) is 14.7. The molecule has 2 aromatic carbocycles. The van der Waals surface area contributed by atoms with Gasteiger partial charge in [-0.15, -0.1) is 12.4 Å². The number of halogens is 1. The van der Waals surface area contributed by atoms with E-state index >= 15 is 0 Å². The molecule has 1 aliphatic rings. The number of nitrogens with zero attached hydrogens (tertiary/aromatic N) is 1. The van der Waals surface area contributed by atoms with Crippen molar-refractivity contribution < 1.29 is 4.79 Å². The quantitative estimate of drug-likeness (QED) is 0.922. The Kier molecular flexibility index (Phi) is 5.58. The number of carbonyl (C=O) groups is 1. The summed E-state index contributed by atoms with van der Waals surface area (Å²) in [6.07, 6.45) is 0.852. The molecule has 3 nitrogen and oxygen atoms in total. The summed E-state index contributed by atoms with van der Waals surface area (Å²) >= 11 is 0. The summed E-state index contributed by atoms with van der Waals surface area (Å²) in [4.78, 5) is 14.6. The highest BCUT2D eigenvalue weighted by molar-refractivity contribution is 5.87. The van der Waals surface area contributed by atoms with Gasteiger partial charge in [-0.3, -0.25) is 4.79 Å². The van der Waals surface area contributed by atoms with Crippen LogP contribution in [0, 0.1) is 0 Å². The maximum Gasteiger partial charge on any atom is 0.230 e. The van der Waals surface area contributed by atoms with Gasteiger partial charge in [-0.1, -0.05) is 54.6 Å². The Morgan fingerprint density at radius 3 is 2.45 bits per heavy atom. The monoisotopic (exact) mass is 316 g/mol. The van der Waals surface area contributed by atoms with E-state index in [1.807, 2.05) is 47.4 Å². The maximum atomic E-state index is 12.8. The van der Waals surface area contributed by atoms with Gasteiger partial charge in [-0.25, -0.2) is 0 Å². The fourth-order valence-corrected chi connectivity index (χ4v) is 2.93. The second kappa shape index (κ2) is 7.43. The molecule has 0 bridgehead atoms. The van der Waals surface area contributed by atoms with Gasteiger partial charge in [0.05, 0.1) is 5.92 Å². The van der Waals surface area contributed by atoms with Crippen LogP contribution in [0.4, 0.5) is 0 Å². The van der Waals surface area contributed by atoms with Crippen molar-refractivity contribution in [3.8, 4) is 0 Å². The first-order valence-corrected chi connectivity index (χ1v) is 7.40. The van der Waals surface area contributed by atoms with E-state index in [0.29, 0.717) is 19.6 Å². The van der Waals surface area contributed by atoms with Crippen LogP contribution in [0.1, 0.15) is 22.6 Å². The van der Waals surface area contributed by atoms with E-state index < -0.39 is 0 Å². The van der Waals surface area contributed by atoms with Crippen LogP contribution < -0.4 is 5.73 Å². The molecule has 0 fully saturated rings.